The number of hydrogen-bond donors (Lipinski definition) is 1. The molecular weight excluding hydrogens is 361 g/mol. The van der Waals surface area contributed by atoms with E-state index in [0.717, 1.165) is 37.3 Å². The predicted molar refractivity (Wildman–Crippen MR) is 104 cm³/mol. The van der Waals surface area contributed by atoms with Crippen molar-refractivity contribution in [1.82, 2.24) is 20.4 Å². The standard InChI is InChI=1S/C20H24FN5O2/c1-25(20(27)22-16-8-10-28-11-9-16)17-12-26(13-17)19-7-6-18(23-24-19)14-2-4-15(21)5-3-14/h2-7,16-17H,8-13H2,1H3,(H,22,27). The molecule has 2 aliphatic heterocycles. The number of benzene rings is 1. The van der Waals surface area contributed by atoms with Crippen LogP contribution in [-0.2, 0) is 4.74 Å². The van der Waals surface area contributed by atoms with E-state index in [1.54, 1.807) is 17.0 Å². The van der Waals surface area contributed by atoms with E-state index in [1.807, 2.05) is 19.2 Å². The first-order chi connectivity index (χ1) is 13.6. The van der Waals surface area contributed by atoms with Crippen LogP contribution in [0.4, 0.5) is 15.0 Å². The number of halogens is 1. The Morgan fingerprint density at radius 3 is 2.50 bits per heavy atom. The summed E-state index contributed by atoms with van der Waals surface area (Å²) in [4.78, 5) is 16.3. The molecule has 3 heterocycles. The number of carbonyl (C=O) groups is 1. The van der Waals surface area contributed by atoms with E-state index in [9.17, 15) is 9.18 Å². The number of rotatable bonds is 4. The van der Waals surface area contributed by atoms with Crippen molar-refractivity contribution < 1.29 is 13.9 Å². The quantitative estimate of drug-likeness (QED) is 0.875. The average Bonchev–Trinajstić information content (AvgIpc) is 2.69. The van der Waals surface area contributed by atoms with Crippen molar-refractivity contribution >= 4 is 11.8 Å². The molecule has 2 fully saturated rings. The van der Waals surface area contributed by atoms with Crippen LogP contribution in [0.15, 0.2) is 36.4 Å². The molecule has 2 saturated heterocycles. The Kier molecular flexibility index (Phi) is 5.38. The van der Waals surface area contributed by atoms with Gasteiger partial charge in [-0.3, -0.25) is 0 Å². The fraction of sp³-hybridized carbons (Fsp3) is 0.450. The Morgan fingerprint density at radius 2 is 1.86 bits per heavy atom. The van der Waals surface area contributed by atoms with Gasteiger partial charge in [-0.15, -0.1) is 10.2 Å². The molecule has 2 aromatic rings. The summed E-state index contributed by atoms with van der Waals surface area (Å²) in [5.74, 6) is 0.505. The fourth-order valence-corrected chi connectivity index (χ4v) is 3.44. The maximum Gasteiger partial charge on any atom is 0.317 e. The number of likely N-dealkylation sites (N-methyl/N-ethyl adjacent to an activating group) is 1. The van der Waals surface area contributed by atoms with Crippen LogP contribution in [0.3, 0.4) is 0 Å². The summed E-state index contributed by atoms with van der Waals surface area (Å²) in [5.41, 5.74) is 1.53. The molecule has 0 spiro atoms. The van der Waals surface area contributed by atoms with Crippen LogP contribution in [0, 0.1) is 5.82 Å². The second kappa shape index (κ2) is 8.10. The fourth-order valence-electron chi connectivity index (χ4n) is 3.44. The van der Waals surface area contributed by atoms with Crippen molar-refractivity contribution in [3.63, 3.8) is 0 Å². The molecule has 2 amide bonds. The molecule has 0 radical (unpaired) electrons. The van der Waals surface area contributed by atoms with Crippen molar-refractivity contribution in [2.75, 3.05) is 38.3 Å². The zero-order chi connectivity index (χ0) is 19.5. The highest BCUT2D eigenvalue weighted by Gasteiger charge is 2.34. The third-order valence-corrected chi connectivity index (χ3v) is 5.39. The van der Waals surface area contributed by atoms with Crippen LogP contribution < -0.4 is 10.2 Å². The number of amides is 2. The minimum atomic E-state index is -0.273. The Hall–Kier alpha value is -2.74. The predicted octanol–water partition coefficient (Wildman–Crippen LogP) is 2.29. The number of nitrogens with zero attached hydrogens (tertiary/aromatic N) is 4. The molecular formula is C20H24FN5O2. The van der Waals surface area contributed by atoms with Gasteiger partial charge in [0.15, 0.2) is 5.82 Å². The third kappa shape index (κ3) is 4.06. The summed E-state index contributed by atoms with van der Waals surface area (Å²) in [7, 11) is 1.83. The van der Waals surface area contributed by atoms with Crippen LogP contribution in [-0.4, -0.2) is 66.6 Å². The Balaban J connectivity index is 1.29. The third-order valence-electron chi connectivity index (χ3n) is 5.39. The van der Waals surface area contributed by atoms with Gasteiger partial charge in [-0.25, -0.2) is 9.18 Å². The molecule has 1 aromatic carbocycles. The molecule has 4 rings (SSSR count). The Morgan fingerprint density at radius 1 is 1.14 bits per heavy atom. The number of hydrogen-bond acceptors (Lipinski definition) is 5. The van der Waals surface area contributed by atoms with Crippen LogP contribution in [0.2, 0.25) is 0 Å². The summed E-state index contributed by atoms with van der Waals surface area (Å²) in [6.45, 7) is 2.86. The molecule has 8 heteroatoms. The van der Waals surface area contributed by atoms with Gasteiger partial charge in [0.05, 0.1) is 11.7 Å². The summed E-state index contributed by atoms with van der Waals surface area (Å²) in [5, 5.41) is 11.6. The van der Waals surface area contributed by atoms with E-state index in [4.69, 9.17) is 4.74 Å². The van der Waals surface area contributed by atoms with Gasteiger partial charge < -0.3 is 19.9 Å². The smallest absolute Gasteiger partial charge is 0.317 e. The van der Waals surface area contributed by atoms with E-state index >= 15 is 0 Å². The molecule has 0 atom stereocenters. The van der Waals surface area contributed by atoms with Crippen LogP contribution >= 0.6 is 0 Å². The first-order valence-electron chi connectivity index (χ1n) is 9.56. The SMILES string of the molecule is CN(C(=O)NC1CCOCC1)C1CN(c2ccc(-c3ccc(F)cc3)nn2)C1. The van der Waals surface area contributed by atoms with Gasteiger partial charge in [0.2, 0.25) is 0 Å². The lowest BCUT2D eigenvalue weighted by molar-refractivity contribution is 0.0773. The highest BCUT2D eigenvalue weighted by Crippen LogP contribution is 2.23. The maximum atomic E-state index is 13.0. The lowest BCUT2D eigenvalue weighted by atomic mass is 10.1. The lowest BCUT2D eigenvalue weighted by Gasteiger charge is -2.44. The highest BCUT2D eigenvalue weighted by atomic mass is 19.1. The number of nitrogens with one attached hydrogen (secondary N) is 1. The summed E-state index contributed by atoms with van der Waals surface area (Å²) in [6, 6.07) is 10.3. The Bertz CT molecular complexity index is 802. The molecule has 7 nitrogen and oxygen atoms in total. The first kappa shape index (κ1) is 18.6. The number of urea groups is 1. The van der Waals surface area contributed by atoms with Crippen molar-refractivity contribution in [2.24, 2.45) is 0 Å². The van der Waals surface area contributed by atoms with E-state index in [0.29, 0.717) is 18.9 Å². The van der Waals surface area contributed by atoms with Crippen LogP contribution in [0.25, 0.3) is 11.3 Å². The molecule has 28 heavy (non-hydrogen) atoms. The lowest BCUT2D eigenvalue weighted by Crippen LogP contribution is -2.62. The minimum Gasteiger partial charge on any atom is -0.381 e. The molecule has 0 aliphatic carbocycles. The van der Waals surface area contributed by atoms with Crippen LogP contribution in [0.1, 0.15) is 12.8 Å². The van der Waals surface area contributed by atoms with Gasteiger partial charge in [-0.2, -0.15) is 0 Å². The molecule has 148 valence electrons. The highest BCUT2D eigenvalue weighted by molar-refractivity contribution is 5.75. The molecule has 0 unspecified atom stereocenters. The Labute approximate surface area is 163 Å². The van der Waals surface area contributed by atoms with Gasteiger partial charge in [-0.05, 0) is 49.2 Å². The molecule has 1 aromatic heterocycles. The van der Waals surface area contributed by atoms with E-state index in [1.165, 1.54) is 12.1 Å². The van der Waals surface area contributed by atoms with Crippen LogP contribution in [0.5, 0.6) is 0 Å². The molecule has 2 aliphatic rings. The number of aromatic nitrogens is 2. The summed E-state index contributed by atoms with van der Waals surface area (Å²) >= 11 is 0. The molecule has 1 N–H and O–H groups in total. The summed E-state index contributed by atoms with van der Waals surface area (Å²) in [6.07, 6.45) is 1.73. The van der Waals surface area contributed by atoms with Crippen molar-refractivity contribution in [2.45, 2.75) is 24.9 Å². The van der Waals surface area contributed by atoms with Gasteiger partial charge in [-0.1, -0.05) is 0 Å². The monoisotopic (exact) mass is 385 g/mol. The second-order valence-corrected chi connectivity index (χ2v) is 7.29. The minimum absolute atomic E-state index is 0.0331. The van der Waals surface area contributed by atoms with Crippen molar-refractivity contribution in [3.05, 3.63) is 42.2 Å². The van der Waals surface area contributed by atoms with Gasteiger partial charge in [0, 0.05) is 45.0 Å². The summed E-state index contributed by atoms with van der Waals surface area (Å²) < 4.78 is 18.4. The van der Waals surface area contributed by atoms with Crippen molar-refractivity contribution in [1.29, 1.82) is 0 Å². The first-order valence-corrected chi connectivity index (χ1v) is 9.56. The van der Waals surface area contributed by atoms with Gasteiger partial charge in [0.25, 0.3) is 0 Å². The zero-order valence-corrected chi connectivity index (χ0v) is 15.8. The largest absolute Gasteiger partial charge is 0.381 e. The normalized spacial score (nSPS) is 17.9. The number of anilines is 1. The second-order valence-electron chi connectivity index (χ2n) is 7.29. The van der Waals surface area contributed by atoms with E-state index in [-0.39, 0.29) is 23.9 Å². The topological polar surface area (TPSA) is 70.6 Å². The number of ether oxygens (including phenoxy) is 1. The van der Waals surface area contributed by atoms with E-state index in [2.05, 4.69) is 20.4 Å². The molecule has 0 saturated carbocycles. The van der Waals surface area contributed by atoms with E-state index < -0.39 is 0 Å². The van der Waals surface area contributed by atoms with Gasteiger partial charge in [0.1, 0.15) is 5.82 Å². The maximum absolute atomic E-state index is 13.0. The average molecular weight is 385 g/mol. The molecule has 0 bridgehead atoms. The van der Waals surface area contributed by atoms with Crippen molar-refractivity contribution in [3.8, 4) is 11.3 Å². The number of carbonyl (C=O) groups excluding carboxylic acids is 1. The van der Waals surface area contributed by atoms with Gasteiger partial charge >= 0.3 is 6.03 Å². The zero-order valence-electron chi connectivity index (χ0n) is 15.8.